The molecule has 1 aliphatic rings. The van der Waals surface area contributed by atoms with E-state index in [1.165, 1.54) is 0 Å². The Kier molecular flexibility index (Phi) is 4.02. The molecule has 0 aliphatic carbocycles. The summed E-state index contributed by atoms with van der Waals surface area (Å²) in [7, 11) is 1.69. The molecule has 5 heteroatoms. The van der Waals surface area contributed by atoms with E-state index in [-0.39, 0.29) is 11.3 Å². The summed E-state index contributed by atoms with van der Waals surface area (Å²) in [5.41, 5.74) is 7.25. The lowest BCUT2D eigenvalue weighted by molar-refractivity contribution is -0.129. The Morgan fingerprint density at radius 2 is 2.32 bits per heavy atom. The van der Waals surface area contributed by atoms with Crippen molar-refractivity contribution < 1.29 is 4.79 Å². The van der Waals surface area contributed by atoms with Crippen LogP contribution in [0, 0.1) is 5.41 Å². The number of amides is 1. The molecule has 1 fully saturated rings. The maximum atomic E-state index is 11.9. The Bertz CT molecular complexity index is 492. The van der Waals surface area contributed by atoms with E-state index >= 15 is 0 Å². The molecular formula is C14H20ClN3O. The van der Waals surface area contributed by atoms with Gasteiger partial charge in [0.05, 0.1) is 16.1 Å². The maximum absolute atomic E-state index is 11.9. The van der Waals surface area contributed by atoms with Crippen molar-refractivity contribution in [2.45, 2.75) is 19.9 Å². The molecule has 0 bridgehead atoms. The van der Waals surface area contributed by atoms with Crippen LogP contribution in [-0.4, -0.2) is 30.9 Å². The van der Waals surface area contributed by atoms with Gasteiger partial charge < -0.3 is 11.1 Å². The molecule has 1 heterocycles. The van der Waals surface area contributed by atoms with E-state index in [0.29, 0.717) is 10.7 Å². The summed E-state index contributed by atoms with van der Waals surface area (Å²) in [5, 5.41) is 3.33. The number of nitrogen functional groups attached to an aromatic ring is 1. The number of hydrogen-bond acceptors (Lipinski definition) is 3. The second-order valence-electron chi connectivity index (χ2n) is 5.46. The van der Waals surface area contributed by atoms with Crippen molar-refractivity contribution in [1.29, 1.82) is 0 Å². The lowest BCUT2D eigenvalue weighted by Crippen LogP contribution is -2.39. The molecule has 0 saturated carbocycles. The number of nitrogens with zero attached hydrogens (tertiary/aromatic N) is 1. The zero-order valence-corrected chi connectivity index (χ0v) is 12.1. The summed E-state index contributed by atoms with van der Waals surface area (Å²) in [6.45, 7) is 4.51. The highest BCUT2D eigenvalue weighted by molar-refractivity contribution is 6.33. The fraction of sp³-hybridized carbons (Fsp3) is 0.500. The minimum Gasteiger partial charge on any atom is -0.398 e. The Balaban J connectivity index is 2.02. The lowest BCUT2D eigenvalue weighted by atomic mass is 9.89. The number of carbonyl (C=O) groups is 1. The fourth-order valence-electron chi connectivity index (χ4n) is 2.63. The van der Waals surface area contributed by atoms with Gasteiger partial charge in [0.25, 0.3) is 0 Å². The van der Waals surface area contributed by atoms with Gasteiger partial charge in [-0.15, -0.1) is 0 Å². The summed E-state index contributed by atoms with van der Waals surface area (Å²) in [4.78, 5) is 14.1. The average molecular weight is 282 g/mol. The van der Waals surface area contributed by atoms with Crippen molar-refractivity contribution in [1.82, 2.24) is 10.2 Å². The van der Waals surface area contributed by atoms with Crippen molar-refractivity contribution in [2.75, 3.05) is 25.9 Å². The van der Waals surface area contributed by atoms with Gasteiger partial charge in [0, 0.05) is 20.1 Å². The third kappa shape index (κ3) is 3.01. The number of nitrogens with one attached hydrogen (secondary N) is 1. The molecule has 1 aliphatic heterocycles. The van der Waals surface area contributed by atoms with E-state index in [4.69, 9.17) is 17.3 Å². The van der Waals surface area contributed by atoms with Crippen LogP contribution in [0.3, 0.4) is 0 Å². The SMILES string of the molecule is CNC(=O)C1(C)CCN(Cc2ccc(Cl)c(N)c2)C1. The molecule has 1 amide bonds. The van der Waals surface area contributed by atoms with Crippen LogP contribution in [0.2, 0.25) is 5.02 Å². The number of likely N-dealkylation sites (tertiary alicyclic amines) is 1. The molecule has 0 aromatic heterocycles. The fourth-order valence-corrected chi connectivity index (χ4v) is 2.75. The van der Waals surface area contributed by atoms with Gasteiger partial charge >= 0.3 is 0 Å². The van der Waals surface area contributed by atoms with Gasteiger partial charge in [-0.3, -0.25) is 9.69 Å². The molecule has 1 aromatic rings. The van der Waals surface area contributed by atoms with Crippen LogP contribution in [0.25, 0.3) is 0 Å². The van der Waals surface area contributed by atoms with Gasteiger partial charge in [-0.05, 0) is 37.6 Å². The van der Waals surface area contributed by atoms with Crippen LogP contribution in [0.5, 0.6) is 0 Å². The van der Waals surface area contributed by atoms with Crippen LogP contribution in [0.4, 0.5) is 5.69 Å². The summed E-state index contributed by atoms with van der Waals surface area (Å²) in [6.07, 6.45) is 0.885. The first-order chi connectivity index (χ1) is 8.94. The Morgan fingerprint density at radius 3 is 2.95 bits per heavy atom. The number of rotatable bonds is 3. The number of hydrogen-bond donors (Lipinski definition) is 2. The van der Waals surface area contributed by atoms with Gasteiger partial charge in [0.15, 0.2) is 0 Å². The van der Waals surface area contributed by atoms with Crippen LogP contribution in [0.1, 0.15) is 18.9 Å². The monoisotopic (exact) mass is 281 g/mol. The van der Waals surface area contributed by atoms with E-state index in [2.05, 4.69) is 10.2 Å². The molecule has 1 saturated heterocycles. The van der Waals surface area contributed by atoms with Gasteiger partial charge in [-0.1, -0.05) is 17.7 Å². The van der Waals surface area contributed by atoms with Crippen LogP contribution >= 0.6 is 11.6 Å². The Labute approximate surface area is 118 Å². The van der Waals surface area contributed by atoms with Crippen molar-refractivity contribution in [2.24, 2.45) is 5.41 Å². The number of benzene rings is 1. The molecule has 0 radical (unpaired) electrons. The third-order valence-electron chi connectivity index (χ3n) is 3.79. The molecule has 19 heavy (non-hydrogen) atoms. The quantitative estimate of drug-likeness (QED) is 0.832. The number of nitrogens with two attached hydrogens (primary N) is 1. The van der Waals surface area contributed by atoms with Gasteiger partial charge in [0.1, 0.15) is 0 Å². The zero-order chi connectivity index (χ0) is 14.0. The molecule has 104 valence electrons. The molecular weight excluding hydrogens is 262 g/mol. The zero-order valence-electron chi connectivity index (χ0n) is 11.4. The van der Waals surface area contributed by atoms with E-state index in [9.17, 15) is 4.79 Å². The van der Waals surface area contributed by atoms with Crippen molar-refractivity contribution in [3.05, 3.63) is 28.8 Å². The Hall–Kier alpha value is -1.26. The predicted octanol–water partition coefficient (Wildman–Crippen LogP) is 1.88. The van der Waals surface area contributed by atoms with Crippen LogP contribution < -0.4 is 11.1 Å². The van der Waals surface area contributed by atoms with Gasteiger partial charge in [-0.2, -0.15) is 0 Å². The summed E-state index contributed by atoms with van der Waals surface area (Å²) >= 11 is 5.91. The van der Waals surface area contributed by atoms with Gasteiger partial charge in [-0.25, -0.2) is 0 Å². The topological polar surface area (TPSA) is 58.4 Å². The first-order valence-electron chi connectivity index (χ1n) is 6.43. The highest BCUT2D eigenvalue weighted by atomic mass is 35.5. The maximum Gasteiger partial charge on any atom is 0.227 e. The molecule has 1 atom stereocenters. The first-order valence-corrected chi connectivity index (χ1v) is 6.81. The number of carbonyl (C=O) groups excluding carboxylic acids is 1. The minimum atomic E-state index is -0.285. The largest absolute Gasteiger partial charge is 0.398 e. The first kappa shape index (κ1) is 14.2. The molecule has 3 N–H and O–H groups in total. The Morgan fingerprint density at radius 1 is 1.58 bits per heavy atom. The number of anilines is 1. The predicted molar refractivity (Wildman–Crippen MR) is 77.9 cm³/mol. The summed E-state index contributed by atoms with van der Waals surface area (Å²) < 4.78 is 0. The third-order valence-corrected chi connectivity index (χ3v) is 4.14. The highest BCUT2D eigenvalue weighted by Gasteiger charge is 2.39. The molecule has 0 spiro atoms. The van der Waals surface area contributed by atoms with E-state index in [0.717, 1.165) is 31.6 Å². The van der Waals surface area contributed by atoms with Crippen LogP contribution in [-0.2, 0) is 11.3 Å². The summed E-state index contributed by atoms with van der Waals surface area (Å²) in [5.74, 6) is 0.116. The van der Waals surface area contributed by atoms with Crippen LogP contribution in [0.15, 0.2) is 18.2 Å². The smallest absolute Gasteiger partial charge is 0.227 e. The molecule has 2 rings (SSSR count). The highest BCUT2D eigenvalue weighted by Crippen LogP contribution is 2.31. The summed E-state index contributed by atoms with van der Waals surface area (Å²) in [6, 6.07) is 5.70. The minimum absolute atomic E-state index is 0.116. The average Bonchev–Trinajstić information content (AvgIpc) is 2.76. The van der Waals surface area contributed by atoms with E-state index in [1.54, 1.807) is 7.05 Å². The molecule has 1 aromatic carbocycles. The lowest BCUT2D eigenvalue weighted by Gasteiger charge is -2.22. The normalized spacial score (nSPS) is 23.5. The van der Waals surface area contributed by atoms with Crippen molar-refractivity contribution >= 4 is 23.2 Å². The molecule has 4 nitrogen and oxygen atoms in total. The van der Waals surface area contributed by atoms with Gasteiger partial charge in [0.2, 0.25) is 5.91 Å². The van der Waals surface area contributed by atoms with Crippen molar-refractivity contribution in [3.63, 3.8) is 0 Å². The second kappa shape index (κ2) is 5.39. The van der Waals surface area contributed by atoms with E-state index < -0.39 is 0 Å². The molecule has 1 unspecified atom stereocenters. The van der Waals surface area contributed by atoms with E-state index in [1.807, 2.05) is 25.1 Å². The second-order valence-corrected chi connectivity index (χ2v) is 5.86. The number of halogens is 1. The van der Waals surface area contributed by atoms with Crippen molar-refractivity contribution in [3.8, 4) is 0 Å². The standard InChI is InChI=1S/C14H20ClN3O/c1-14(13(19)17-2)5-6-18(9-14)8-10-3-4-11(15)12(16)7-10/h3-4,7H,5-6,8-9,16H2,1-2H3,(H,17,19).